The molecule has 0 bridgehead atoms. The summed E-state index contributed by atoms with van der Waals surface area (Å²) >= 11 is 0. The van der Waals surface area contributed by atoms with Crippen LogP contribution in [0.25, 0.3) is 16.6 Å². The Morgan fingerprint density at radius 2 is 1.96 bits per heavy atom. The van der Waals surface area contributed by atoms with Gasteiger partial charge in [0.1, 0.15) is 0 Å². The van der Waals surface area contributed by atoms with Gasteiger partial charge in [-0.15, -0.1) is 0 Å². The van der Waals surface area contributed by atoms with Gasteiger partial charge in [0.05, 0.1) is 22.4 Å². The molecule has 118 valence electrons. The molecular weight excluding hydrogens is 284 g/mol. The third-order valence-corrected chi connectivity index (χ3v) is 4.92. The summed E-state index contributed by atoms with van der Waals surface area (Å²) < 4.78 is 2.38. The van der Waals surface area contributed by atoms with Gasteiger partial charge in [0.15, 0.2) is 0 Å². The molecule has 1 atom stereocenters. The third kappa shape index (κ3) is 2.15. The van der Waals surface area contributed by atoms with Crippen molar-refractivity contribution in [1.82, 2.24) is 4.57 Å². The number of benzene rings is 2. The van der Waals surface area contributed by atoms with Gasteiger partial charge < -0.3 is 15.0 Å². The molecule has 1 aliphatic heterocycles. The minimum absolute atomic E-state index is 0.177. The molecule has 1 unspecified atom stereocenters. The molecule has 0 radical (unpaired) electrons. The Labute approximate surface area is 136 Å². The van der Waals surface area contributed by atoms with E-state index in [1.54, 1.807) is 0 Å². The molecule has 2 aromatic carbocycles. The van der Waals surface area contributed by atoms with Crippen molar-refractivity contribution >= 4 is 16.6 Å². The van der Waals surface area contributed by atoms with Crippen molar-refractivity contribution in [3.8, 4) is 5.69 Å². The van der Waals surface area contributed by atoms with E-state index in [0.29, 0.717) is 0 Å². The number of aliphatic hydroxyl groups is 1. The van der Waals surface area contributed by atoms with Crippen LogP contribution in [0.3, 0.4) is 0 Å². The molecule has 23 heavy (non-hydrogen) atoms. The first kappa shape index (κ1) is 14.3. The van der Waals surface area contributed by atoms with Crippen LogP contribution >= 0.6 is 0 Å². The average Bonchev–Trinajstić information content (AvgIpc) is 2.95. The number of aliphatic hydroxyl groups excluding tert-OH is 1. The Bertz CT molecular complexity index is 880. The summed E-state index contributed by atoms with van der Waals surface area (Å²) in [6.07, 6.45) is 1.68. The van der Waals surface area contributed by atoms with Crippen molar-refractivity contribution in [2.45, 2.75) is 32.2 Å². The number of hydrogen-bond donors (Lipinski definition) is 2. The number of nitrogens with zero attached hydrogens (tertiary/aromatic N) is 1. The zero-order valence-corrected chi connectivity index (χ0v) is 13.6. The van der Waals surface area contributed by atoms with Crippen LogP contribution in [-0.2, 0) is 5.54 Å². The summed E-state index contributed by atoms with van der Waals surface area (Å²) in [7, 11) is 0. The second-order valence-corrected chi connectivity index (χ2v) is 6.73. The first-order valence-corrected chi connectivity index (χ1v) is 8.23. The van der Waals surface area contributed by atoms with E-state index >= 15 is 0 Å². The maximum Gasteiger partial charge on any atom is 0.0753 e. The second kappa shape index (κ2) is 5.14. The van der Waals surface area contributed by atoms with Crippen LogP contribution in [0.15, 0.2) is 48.5 Å². The maximum absolute atomic E-state index is 9.30. The van der Waals surface area contributed by atoms with Gasteiger partial charge in [0.2, 0.25) is 0 Å². The maximum atomic E-state index is 9.30. The smallest absolute Gasteiger partial charge is 0.0753 e. The van der Waals surface area contributed by atoms with Crippen molar-refractivity contribution in [3.63, 3.8) is 0 Å². The number of rotatable bonds is 3. The van der Waals surface area contributed by atoms with Gasteiger partial charge >= 0.3 is 0 Å². The van der Waals surface area contributed by atoms with E-state index in [9.17, 15) is 5.11 Å². The fourth-order valence-electron chi connectivity index (χ4n) is 3.74. The van der Waals surface area contributed by atoms with Crippen molar-refractivity contribution in [1.29, 1.82) is 0 Å². The fourth-order valence-corrected chi connectivity index (χ4v) is 3.74. The van der Waals surface area contributed by atoms with Crippen LogP contribution in [0.4, 0.5) is 5.69 Å². The molecule has 0 fully saturated rings. The molecule has 0 saturated heterocycles. The highest BCUT2D eigenvalue weighted by atomic mass is 16.2. The Morgan fingerprint density at radius 1 is 1.13 bits per heavy atom. The van der Waals surface area contributed by atoms with Crippen LogP contribution < -0.4 is 5.32 Å². The number of aromatic nitrogens is 1. The van der Waals surface area contributed by atoms with Gasteiger partial charge in [-0.05, 0) is 56.5 Å². The molecule has 2 heterocycles. The van der Waals surface area contributed by atoms with Gasteiger partial charge in [-0.1, -0.05) is 24.3 Å². The summed E-state index contributed by atoms with van der Waals surface area (Å²) in [4.78, 5) is 0. The van der Waals surface area contributed by atoms with E-state index in [-0.39, 0.29) is 12.1 Å². The molecule has 0 amide bonds. The molecule has 4 rings (SSSR count). The highest BCUT2D eigenvalue weighted by Gasteiger charge is 2.35. The van der Waals surface area contributed by atoms with E-state index in [4.69, 9.17) is 0 Å². The van der Waals surface area contributed by atoms with E-state index in [0.717, 1.165) is 18.5 Å². The van der Waals surface area contributed by atoms with E-state index < -0.39 is 0 Å². The lowest BCUT2D eigenvalue weighted by molar-refractivity contribution is 0.268. The Hall–Kier alpha value is -2.26. The van der Waals surface area contributed by atoms with Gasteiger partial charge in [-0.3, -0.25) is 0 Å². The SMILES string of the molecule is Cc1ccc2c(c1)-n1c(cc3ccccc31)C(C)(CCCO)N2. The van der Waals surface area contributed by atoms with Crippen molar-refractivity contribution in [2.24, 2.45) is 0 Å². The van der Waals surface area contributed by atoms with E-state index in [1.165, 1.54) is 27.8 Å². The second-order valence-electron chi connectivity index (χ2n) is 6.73. The van der Waals surface area contributed by atoms with Gasteiger partial charge in [-0.2, -0.15) is 0 Å². The van der Waals surface area contributed by atoms with Crippen LogP contribution in [-0.4, -0.2) is 16.3 Å². The molecule has 2 N–H and O–H groups in total. The lowest BCUT2D eigenvalue weighted by atomic mass is 9.89. The van der Waals surface area contributed by atoms with Gasteiger partial charge in [-0.25, -0.2) is 0 Å². The highest BCUT2D eigenvalue weighted by molar-refractivity contribution is 5.87. The van der Waals surface area contributed by atoms with E-state index in [2.05, 4.69) is 72.3 Å². The molecule has 0 aliphatic carbocycles. The van der Waals surface area contributed by atoms with Crippen molar-refractivity contribution in [3.05, 3.63) is 59.8 Å². The van der Waals surface area contributed by atoms with Crippen LogP contribution in [0.1, 0.15) is 31.0 Å². The van der Waals surface area contributed by atoms with Gasteiger partial charge in [0.25, 0.3) is 0 Å². The molecule has 0 saturated carbocycles. The number of anilines is 1. The lowest BCUT2D eigenvalue weighted by Gasteiger charge is -2.39. The van der Waals surface area contributed by atoms with Crippen LogP contribution in [0.5, 0.6) is 0 Å². The minimum Gasteiger partial charge on any atom is -0.396 e. The van der Waals surface area contributed by atoms with Gasteiger partial charge in [0, 0.05) is 17.7 Å². The van der Waals surface area contributed by atoms with Crippen LogP contribution in [0.2, 0.25) is 0 Å². The summed E-state index contributed by atoms with van der Waals surface area (Å²) in [5.41, 5.74) is 5.96. The third-order valence-electron chi connectivity index (χ3n) is 4.92. The zero-order chi connectivity index (χ0) is 16.0. The summed E-state index contributed by atoms with van der Waals surface area (Å²) in [5, 5.41) is 14.3. The Balaban J connectivity index is 2.02. The number of para-hydroxylation sites is 1. The van der Waals surface area contributed by atoms with Crippen molar-refractivity contribution < 1.29 is 5.11 Å². The monoisotopic (exact) mass is 306 g/mol. The summed E-state index contributed by atoms with van der Waals surface area (Å²) in [5.74, 6) is 0. The summed E-state index contributed by atoms with van der Waals surface area (Å²) in [6, 6.07) is 17.4. The predicted octanol–water partition coefficient (Wildman–Crippen LogP) is 4.35. The topological polar surface area (TPSA) is 37.2 Å². The largest absolute Gasteiger partial charge is 0.396 e. The first-order chi connectivity index (χ1) is 11.1. The standard InChI is InChI=1S/C20H22N2O/c1-14-8-9-16-18(12-14)22-17-7-4-3-6-15(17)13-19(22)20(2,21-16)10-5-11-23/h3-4,6-9,12-13,21,23H,5,10-11H2,1-2H3. The molecule has 1 aliphatic rings. The number of hydrogen-bond acceptors (Lipinski definition) is 2. The Kier molecular flexibility index (Phi) is 3.20. The molecule has 1 aromatic heterocycles. The first-order valence-electron chi connectivity index (χ1n) is 8.23. The zero-order valence-electron chi connectivity index (χ0n) is 13.6. The summed E-state index contributed by atoms with van der Waals surface area (Å²) in [6.45, 7) is 4.58. The number of fused-ring (bicyclic) bond motifs is 5. The fraction of sp³-hybridized carbons (Fsp3) is 0.300. The lowest BCUT2D eigenvalue weighted by Crippen LogP contribution is -2.38. The predicted molar refractivity (Wildman–Crippen MR) is 95.3 cm³/mol. The molecule has 3 nitrogen and oxygen atoms in total. The van der Waals surface area contributed by atoms with Crippen molar-refractivity contribution in [2.75, 3.05) is 11.9 Å². The molecule has 3 heteroatoms. The highest BCUT2D eigenvalue weighted by Crippen LogP contribution is 2.43. The average molecular weight is 306 g/mol. The minimum atomic E-state index is -0.177. The molecular formula is C20H22N2O. The van der Waals surface area contributed by atoms with E-state index in [1.807, 2.05) is 0 Å². The Morgan fingerprint density at radius 3 is 2.78 bits per heavy atom. The quantitative estimate of drug-likeness (QED) is 0.755. The van der Waals surface area contributed by atoms with Crippen LogP contribution in [0, 0.1) is 6.92 Å². The number of aryl methyl sites for hydroxylation is 1. The molecule has 0 spiro atoms. The molecule has 3 aromatic rings. The normalized spacial score (nSPS) is 19.3. The number of nitrogens with one attached hydrogen (secondary N) is 1.